The summed E-state index contributed by atoms with van der Waals surface area (Å²) in [4.78, 5) is 38.9. The molecule has 2 aromatic rings. The summed E-state index contributed by atoms with van der Waals surface area (Å²) >= 11 is 14.7. The Morgan fingerprint density at radius 2 is 1.91 bits per heavy atom. The largest absolute Gasteiger partial charge is 0.351 e. The van der Waals surface area contributed by atoms with Gasteiger partial charge in [-0.1, -0.05) is 29.3 Å². The van der Waals surface area contributed by atoms with Crippen molar-refractivity contribution >= 4 is 45.0 Å². The van der Waals surface area contributed by atoms with Gasteiger partial charge in [-0.2, -0.15) is 0 Å². The van der Waals surface area contributed by atoms with Gasteiger partial charge in [0.25, 0.3) is 11.5 Å². The predicted molar refractivity (Wildman–Crippen MR) is 92.5 cm³/mol. The highest BCUT2D eigenvalue weighted by atomic mass is 79.9. The standard InChI is InChI=1S/C14H12BrCl2N3O3/c15-10-11(19-14(23)20-12(10)21)13(22)18-5-1-2-7-3-4-8(16)9(17)6-7/h3-4,6H,1-2,5H2,(H,18,22)(H2,19,20,21,23). The lowest BCUT2D eigenvalue weighted by atomic mass is 10.1. The smallest absolute Gasteiger partial charge is 0.326 e. The molecule has 2 rings (SSSR count). The fourth-order valence-electron chi connectivity index (χ4n) is 1.91. The van der Waals surface area contributed by atoms with Crippen molar-refractivity contribution in [2.75, 3.05) is 6.54 Å². The van der Waals surface area contributed by atoms with Gasteiger partial charge in [0.2, 0.25) is 0 Å². The van der Waals surface area contributed by atoms with Gasteiger partial charge in [0, 0.05) is 6.54 Å². The van der Waals surface area contributed by atoms with Crippen molar-refractivity contribution in [3.05, 3.63) is 64.8 Å². The van der Waals surface area contributed by atoms with Crippen LogP contribution in [0.5, 0.6) is 0 Å². The Kier molecular flexibility index (Phi) is 6.04. The Morgan fingerprint density at radius 3 is 2.61 bits per heavy atom. The average Bonchev–Trinajstić information content (AvgIpc) is 2.50. The molecule has 122 valence electrons. The van der Waals surface area contributed by atoms with Crippen molar-refractivity contribution in [2.24, 2.45) is 0 Å². The molecular formula is C14H12BrCl2N3O3. The summed E-state index contributed by atoms with van der Waals surface area (Å²) in [5.41, 5.74) is -0.499. The van der Waals surface area contributed by atoms with Crippen LogP contribution in [0.2, 0.25) is 10.0 Å². The molecule has 3 N–H and O–H groups in total. The van der Waals surface area contributed by atoms with Crippen LogP contribution in [0.4, 0.5) is 0 Å². The topological polar surface area (TPSA) is 94.8 Å². The van der Waals surface area contributed by atoms with Gasteiger partial charge in [0.05, 0.1) is 10.0 Å². The monoisotopic (exact) mass is 419 g/mol. The number of nitrogens with one attached hydrogen (secondary N) is 3. The van der Waals surface area contributed by atoms with E-state index in [1.165, 1.54) is 0 Å². The van der Waals surface area contributed by atoms with Crippen LogP contribution in [0.15, 0.2) is 32.3 Å². The maximum Gasteiger partial charge on any atom is 0.326 e. The molecule has 1 aromatic carbocycles. The molecule has 1 heterocycles. The molecule has 1 aromatic heterocycles. The van der Waals surface area contributed by atoms with E-state index in [2.05, 4.69) is 26.2 Å². The van der Waals surface area contributed by atoms with E-state index in [1.54, 1.807) is 12.1 Å². The summed E-state index contributed by atoms with van der Waals surface area (Å²) in [6.07, 6.45) is 1.36. The third-order valence-electron chi connectivity index (χ3n) is 3.02. The Labute approximate surface area is 149 Å². The van der Waals surface area contributed by atoms with Crippen molar-refractivity contribution in [3.8, 4) is 0 Å². The normalized spacial score (nSPS) is 10.6. The lowest BCUT2D eigenvalue weighted by Crippen LogP contribution is -2.32. The molecule has 0 saturated carbocycles. The summed E-state index contributed by atoms with van der Waals surface area (Å²) in [6.45, 7) is 0.375. The van der Waals surface area contributed by atoms with E-state index in [0.717, 1.165) is 5.56 Å². The van der Waals surface area contributed by atoms with E-state index in [9.17, 15) is 14.4 Å². The maximum atomic E-state index is 12.0. The molecule has 1 amide bonds. The maximum absolute atomic E-state index is 12.0. The van der Waals surface area contributed by atoms with Crippen LogP contribution in [0.1, 0.15) is 22.5 Å². The zero-order valence-corrected chi connectivity index (χ0v) is 14.8. The number of carbonyl (C=O) groups is 1. The van der Waals surface area contributed by atoms with Crippen LogP contribution in [-0.4, -0.2) is 22.4 Å². The Hall–Kier alpha value is -1.57. The van der Waals surface area contributed by atoms with Crippen LogP contribution in [0.3, 0.4) is 0 Å². The summed E-state index contributed by atoms with van der Waals surface area (Å²) in [6, 6.07) is 5.35. The fraction of sp³-hybridized carbons (Fsp3) is 0.214. The number of aryl methyl sites for hydroxylation is 1. The first-order valence-electron chi connectivity index (χ1n) is 6.62. The number of aromatic nitrogens is 2. The number of amides is 1. The molecule has 23 heavy (non-hydrogen) atoms. The average molecular weight is 421 g/mol. The second-order valence-corrected chi connectivity index (χ2v) is 6.31. The molecule has 0 spiro atoms. The third kappa shape index (κ3) is 4.70. The number of carbonyl (C=O) groups excluding carboxylic acids is 1. The predicted octanol–water partition coefficient (Wildman–Crippen LogP) is 2.50. The number of H-pyrrole nitrogens is 2. The lowest BCUT2D eigenvalue weighted by Gasteiger charge is -2.07. The fourth-order valence-corrected chi connectivity index (χ4v) is 2.60. The van der Waals surface area contributed by atoms with Gasteiger partial charge in [-0.15, -0.1) is 0 Å². The molecule has 0 atom stereocenters. The number of benzene rings is 1. The number of hydrogen-bond acceptors (Lipinski definition) is 3. The molecule has 0 aliphatic heterocycles. The highest BCUT2D eigenvalue weighted by Gasteiger charge is 2.13. The van der Waals surface area contributed by atoms with E-state index in [1.807, 2.05) is 11.1 Å². The molecular weight excluding hydrogens is 409 g/mol. The van der Waals surface area contributed by atoms with E-state index in [0.29, 0.717) is 29.4 Å². The van der Waals surface area contributed by atoms with Gasteiger partial charge in [-0.25, -0.2) is 4.79 Å². The summed E-state index contributed by atoms with van der Waals surface area (Å²) < 4.78 is -0.0147. The van der Waals surface area contributed by atoms with E-state index >= 15 is 0 Å². The first-order chi connectivity index (χ1) is 10.9. The van der Waals surface area contributed by atoms with Crippen LogP contribution in [-0.2, 0) is 6.42 Å². The van der Waals surface area contributed by atoms with Crippen molar-refractivity contribution < 1.29 is 4.79 Å². The first kappa shape index (κ1) is 17.8. The molecule has 0 aliphatic carbocycles. The minimum atomic E-state index is -0.737. The van der Waals surface area contributed by atoms with E-state index < -0.39 is 17.2 Å². The van der Waals surface area contributed by atoms with Gasteiger partial charge in [-0.05, 0) is 46.5 Å². The van der Waals surface area contributed by atoms with Gasteiger partial charge in [0.15, 0.2) is 0 Å². The van der Waals surface area contributed by atoms with Crippen LogP contribution in [0.25, 0.3) is 0 Å². The van der Waals surface area contributed by atoms with Gasteiger partial charge in [-0.3, -0.25) is 14.6 Å². The third-order valence-corrected chi connectivity index (χ3v) is 4.52. The van der Waals surface area contributed by atoms with Gasteiger partial charge in [0.1, 0.15) is 10.2 Å². The van der Waals surface area contributed by atoms with Crippen LogP contribution >= 0.6 is 39.1 Å². The molecule has 9 heteroatoms. The quantitative estimate of drug-likeness (QED) is 0.648. The summed E-state index contributed by atoms with van der Waals surface area (Å²) in [7, 11) is 0. The molecule has 0 radical (unpaired) electrons. The second-order valence-electron chi connectivity index (χ2n) is 4.71. The summed E-state index contributed by atoms with van der Waals surface area (Å²) in [5, 5.41) is 3.62. The van der Waals surface area contributed by atoms with E-state index in [-0.39, 0.29) is 10.2 Å². The minimum Gasteiger partial charge on any atom is -0.351 e. The molecule has 0 aliphatic rings. The number of halogens is 3. The zero-order chi connectivity index (χ0) is 17.0. The SMILES string of the molecule is O=C(NCCCc1ccc(Cl)c(Cl)c1)c1[nH]c(=O)[nH]c(=O)c1Br. The van der Waals surface area contributed by atoms with Crippen molar-refractivity contribution in [1.82, 2.24) is 15.3 Å². The molecule has 6 nitrogen and oxygen atoms in total. The van der Waals surface area contributed by atoms with Crippen LogP contribution < -0.4 is 16.6 Å². The molecule has 0 unspecified atom stereocenters. The Morgan fingerprint density at radius 1 is 1.17 bits per heavy atom. The minimum absolute atomic E-state index is 0.0147. The molecule has 0 saturated heterocycles. The number of hydrogen-bond donors (Lipinski definition) is 3. The summed E-state index contributed by atoms with van der Waals surface area (Å²) in [5.74, 6) is -0.533. The van der Waals surface area contributed by atoms with Crippen molar-refractivity contribution in [3.63, 3.8) is 0 Å². The Bertz CT molecular complexity index is 848. The molecule has 0 fully saturated rings. The highest BCUT2D eigenvalue weighted by molar-refractivity contribution is 9.10. The first-order valence-corrected chi connectivity index (χ1v) is 8.17. The number of aromatic amines is 2. The molecule has 0 bridgehead atoms. The van der Waals surface area contributed by atoms with Gasteiger partial charge < -0.3 is 10.3 Å². The van der Waals surface area contributed by atoms with Crippen molar-refractivity contribution in [2.45, 2.75) is 12.8 Å². The number of rotatable bonds is 5. The zero-order valence-electron chi connectivity index (χ0n) is 11.7. The van der Waals surface area contributed by atoms with Gasteiger partial charge >= 0.3 is 5.69 Å². The Balaban J connectivity index is 1.91. The highest BCUT2D eigenvalue weighted by Crippen LogP contribution is 2.23. The van der Waals surface area contributed by atoms with Crippen molar-refractivity contribution in [1.29, 1.82) is 0 Å². The second kappa shape index (κ2) is 7.81. The van der Waals surface area contributed by atoms with E-state index in [4.69, 9.17) is 23.2 Å². The lowest BCUT2D eigenvalue weighted by molar-refractivity contribution is 0.0946. The van der Waals surface area contributed by atoms with Crippen LogP contribution in [0, 0.1) is 0 Å².